The zero-order chi connectivity index (χ0) is 27.0. The van der Waals surface area contributed by atoms with Crippen LogP contribution in [0.1, 0.15) is 93.9 Å². The van der Waals surface area contributed by atoms with Crippen LogP contribution in [0.25, 0.3) is 0 Å². The molecular weight excluding hydrogens is 464 g/mol. The summed E-state index contributed by atoms with van der Waals surface area (Å²) in [6, 6.07) is 0. The molecule has 5 heteroatoms. The minimum Gasteiger partial charge on any atom is -0.413 e. The smallest absolute Gasteiger partial charge is 0.193 e. The number of unbranched alkanes of at least 4 members (excludes halogenated alkanes) is 2. The molecule has 5 atom stereocenters. The van der Waals surface area contributed by atoms with Crippen LogP contribution in [0.3, 0.4) is 0 Å². The van der Waals surface area contributed by atoms with E-state index in [0.29, 0.717) is 5.92 Å². The van der Waals surface area contributed by atoms with Gasteiger partial charge in [-0.05, 0) is 73.9 Å². The Labute approximate surface area is 219 Å². The second-order valence-electron chi connectivity index (χ2n) is 14.7. The van der Waals surface area contributed by atoms with Gasteiger partial charge in [-0.2, -0.15) is 0 Å². The molecule has 3 nitrogen and oxygen atoms in total. The van der Waals surface area contributed by atoms with Gasteiger partial charge in [0.05, 0.1) is 11.7 Å². The van der Waals surface area contributed by atoms with Crippen LogP contribution in [0, 0.1) is 17.8 Å². The van der Waals surface area contributed by atoms with Crippen LogP contribution in [0.4, 0.5) is 0 Å². The Morgan fingerprint density at radius 1 is 0.971 bits per heavy atom. The minimum atomic E-state index is -1.95. The van der Waals surface area contributed by atoms with Crippen LogP contribution in [0.5, 0.6) is 0 Å². The highest BCUT2D eigenvalue weighted by Gasteiger charge is 2.53. The maximum absolute atomic E-state index is 12.9. The fourth-order valence-corrected chi connectivity index (χ4v) is 8.25. The number of carbonyl (C=O) groups excluding carboxylic acids is 1. The zero-order valence-corrected chi connectivity index (χ0v) is 27.1. The van der Waals surface area contributed by atoms with Gasteiger partial charge < -0.3 is 8.85 Å². The number of carbonyl (C=O) groups is 1. The maximum Gasteiger partial charge on any atom is 0.193 e. The molecule has 0 N–H and O–H groups in total. The first-order valence-corrected chi connectivity index (χ1v) is 19.9. The van der Waals surface area contributed by atoms with Gasteiger partial charge in [0, 0.05) is 11.8 Å². The van der Waals surface area contributed by atoms with Crippen LogP contribution in [0.2, 0.25) is 36.3 Å². The molecule has 0 aromatic heterocycles. The highest BCUT2D eigenvalue weighted by Crippen LogP contribution is 2.51. The molecule has 0 aliphatic heterocycles. The van der Waals surface area contributed by atoms with Crippen molar-refractivity contribution in [2.24, 2.45) is 17.8 Å². The fraction of sp³-hybridized carbons (Fsp3) is 0.833. The van der Waals surface area contributed by atoms with E-state index in [-0.39, 0.29) is 39.4 Å². The molecule has 0 amide bonds. The molecule has 2 saturated carbocycles. The summed E-state index contributed by atoms with van der Waals surface area (Å²) in [6.07, 6.45) is 11.1. The molecule has 2 rings (SSSR count). The van der Waals surface area contributed by atoms with Gasteiger partial charge >= 0.3 is 0 Å². The second-order valence-corrected chi connectivity index (χ2v) is 24.1. The molecule has 2 fully saturated rings. The first-order valence-electron chi connectivity index (χ1n) is 14.0. The minimum absolute atomic E-state index is 0.0691. The normalized spacial score (nSPS) is 28.1. The molecule has 0 bridgehead atoms. The van der Waals surface area contributed by atoms with E-state index in [1.807, 2.05) is 0 Å². The molecule has 0 spiro atoms. The Kier molecular flexibility index (Phi) is 9.40. The summed E-state index contributed by atoms with van der Waals surface area (Å²) in [5.41, 5.74) is 0.518. The predicted molar refractivity (Wildman–Crippen MR) is 156 cm³/mol. The third kappa shape index (κ3) is 7.09. The highest BCUT2D eigenvalue weighted by molar-refractivity contribution is 6.74. The van der Waals surface area contributed by atoms with Gasteiger partial charge in [-0.25, -0.2) is 0 Å². The summed E-state index contributed by atoms with van der Waals surface area (Å²) in [6.45, 7) is 31.9. The van der Waals surface area contributed by atoms with E-state index in [9.17, 15) is 4.79 Å². The van der Waals surface area contributed by atoms with E-state index in [0.717, 1.165) is 24.8 Å². The number of hydrogen-bond acceptors (Lipinski definition) is 3. The predicted octanol–water partition coefficient (Wildman–Crippen LogP) is 9.08. The van der Waals surface area contributed by atoms with Crippen LogP contribution >= 0.6 is 0 Å². The van der Waals surface area contributed by atoms with Crippen molar-refractivity contribution in [1.82, 2.24) is 0 Å². The summed E-state index contributed by atoms with van der Waals surface area (Å²) in [7, 11) is -3.90. The van der Waals surface area contributed by atoms with Gasteiger partial charge in [-0.15, -0.1) is 0 Å². The van der Waals surface area contributed by atoms with E-state index >= 15 is 0 Å². The summed E-state index contributed by atoms with van der Waals surface area (Å²) in [4.78, 5) is 12.9. The third-order valence-electron chi connectivity index (χ3n) is 9.59. The van der Waals surface area contributed by atoms with Crippen molar-refractivity contribution in [2.45, 2.75) is 142 Å². The van der Waals surface area contributed by atoms with Crippen molar-refractivity contribution in [3.63, 3.8) is 0 Å². The van der Waals surface area contributed by atoms with Crippen molar-refractivity contribution in [2.75, 3.05) is 0 Å². The molecule has 2 aliphatic carbocycles. The average Bonchev–Trinajstić information content (AvgIpc) is 3.13. The Morgan fingerprint density at radius 3 is 2.06 bits per heavy atom. The molecular formula is C30H56O3Si2. The summed E-state index contributed by atoms with van der Waals surface area (Å²) < 4.78 is 14.1. The van der Waals surface area contributed by atoms with Gasteiger partial charge in [0.1, 0.15) is 0 Å². The lowest BCUT2D eigenvalue weighted by Gasteiger charge is -2.43. The van der Waals surface area contributed by atoms with Crippen molar-refractivity contribution in [3.8, 4) is 0 Å². The number of allylic oxidation sites excluding steroid dienone is 1. The fourth-order valence-electron chi connectivity index (χ4n) is 5.25. The Bertz CT molecular complexity index is 799. The molecule has 0 saturated heterocycles. The van der Waals surface area contributed by atoms with Gasteiger partial charge in [0.15, 0.2) is 22.4 Å². The largest absolute Gasteiger partial charge is 0.413 e. The number of Topliss-reactive ketones (excluding diaryl/α,β-unsaturated/α-hetero) is 1. The van der Waals surface area contributed by atoms with Crippen molar-refractivity contribution >= 4 is 22.4 Å². The van der Waals surface area contributed by atoms with Crippen LogP contribution in [-0.4, -0.2) is 34.1 Å². The van der Waals surface area contributed by atoms with E-state index < -0.39 is 16.6 Å². The number of rotatable bonds is 10. The maximum atomic E-state index is 12.9. The number of ketones is 1. The quantitative estimate of drug-likeness (QED) is 0.125. The topological polar surface area (TPSA) is 35.5 Å². The Balaban J connectivity index is 2.39. The molecule has 1 unspecified atom stereocenters. The summed E-state index contributed by atoms with van der Waals surface area (Å²) in [5.74, 6) is 0.900. The van der Waals surface area contributed by atoms with Gasteiger partial charge in [-0.3, -0.25) is 4.79 Å². The molecule has 0 heterocycles. The Hall–Kier alpha value is -0.496. The van der Waals surface area contributed by atoms with E-state index in [1.165, 1.54) is 19.3 Å². The molecule has 2 aliphatic rings. The lowest BCUT2D eigenvalue weighted by molar-refractivity contribution is -0.118. The monoisotopic (exact) mass is 520 g/mol. The van der Waals surface area contributed by atoms with Crippen LogP contribution < -0.4 is 0 Å². The van der Waals surface area contributed by atoms with Crippen molar-refractivity contribution < 1.29 is 13.6 Å². The van der Waals surface area contributed by atoms with Crippen molar-refractivity contribution in [1.29, 1.82) is 0 Å². The standard InChI is InChI=1S/C30H56O3Si2/c1-14-15-16-18-30(9,33-35(12,13)29(6,7)8)19-17-23-24-20-22(2)27(31)25(24)21-26(23)32-34(10,11)28(3,4)5/h17,19,23-26H,2,14-16,18,20-21H2,1,3-13H3/b19-17+/t23-,24-,25-,26+,30?/m0/s1. The first-order chi connectivity index (χ1) is 15.7. The first kappa shape index (κ1) is 30.7. The van der Waals surface area contributed by atoms with E-state index in [2.05, 4.69) is 100 Å². The molecule has 0 aromatic rings. The number of hydrogen-bond donors (Lipinski definition) is 0. The third-order valence-corrected chi connectivity index (χ3v) is 18.7. The highest BCUT2D eigenvalue weighted by atomic mass is 28.4. The summed E-state index contributed by atoms with van der Waals surface area (Å²) in [5, 5.41) is 0.307. The van der Waals surface area contributed by atoms with Crippen molar-refractivity contribution in [3.05, 3.63) is 24.3 Å². The molecule has 0 aromatic carbocycles. The molecule has 202 valence electrons. The Morgan fingerprint density at radius 2 is 1.54 bits per heavy atom. The van der Waals surface area contributed by atoms with Gasteiger partial charge in [-0.1, -0.05) is 86.5 Å². The SMILES string of the molecule is C=C1C[C@H]2[C@H](/C=C/C(C)(CCCCC)O[Si](C)(C)C(C)(C)C)[C@H](O[Si](C)(C)C(C)(C)C)C[C@@H]2C1=O. The van der Waals surface area contributed by atoms with E-state index in [1.54, 1.807) is 0 Å². The lowest BCUT2D eigenvalue weighted by atomic mass is 9.88. The van der Waals surface area contributed by atoms with E-state index in [4.69, 9.17) is 8.85 Å². The number of fused-ring (bicyclic) bond motifs is 1. The second kappa shape index (κ2) is 10.7. The van der Waals surface area contributed by atoms with Crippen LogP contribution in [0.15, 0.2) is 24.3 Å². The summed E-state index contributed by atoms with van der Waals surface area (Å²) >= 11 is 0. The molecule has 35 heavy (non-hydrogen) atoms. The van der Waals surface area contributed by atoms with Gasteiger partial charge in [0.25, 0.3) is 0 Å². The average molecular weight is 521 g/mol. The zero-order valence-electron chi connectivity index (χ0n) is 25.1. The van der Waals surface area contributed by atoms with Gasteiger partial charge in [0.2, 0.25) is 0 Å². The molecule has 0 radical (unpaired) electrons. The lowest BCUT2D eigenvalue weighted by Crippen LogP contribution is -2.48. The van der Waals surface area contributed by atoms with Crippen LogP contribution in [-0.2, 0) is 13.6 Å².